The first-order valence-corrected chi connectivity index (χ1v) is 6.01. The van der Waals surface area contributed by atoms with Gasteiger partial charge in [0.25, 0.3) is 0 Å². The van der Waals surface area contributed by atoms with E-state index >= 15 is 0 Å². The molecule has 0 atom stereocenters. The Morgan fingerprint density at radius 3 is 2.13 bits per heavy atom. The molecule has 5 heteroatoms. The summed E-state index contributed by atoms with van der Waals surface area (Å²) in [6.07, 6.45) is 0. The maximum Gasteiger partial charge on any atom is 0.183 e. The molecular formula is C10H12F2O2S. The van der Waals surface area contributed by atoms with Gasteiger partial charge in [0, 0.05) is 0 Å². The second-order valence-electron chi connectivity index (χ2n) is 3.60. The van der Waals surface area contributed by atoms with Crippen molar-refractivity contribution < 1.29 is 17.2 Å². The van der Waals surface area contributed by atoms with Crippen LogP contribution in [-0.4, -0.2) is 13.7 Å². The topological polar surface area (TPSA) is 34.1 Å². The summed E-state index contributed by atoms with van der Waals surface area (Å²) in [4.78, 5) is -0.569. The van der Waals surface area contributed by atoms with E-state index in [1.54, 1.807) is 0 Å². The summed E-state index contributed by atoms with van der Waals surface area (Å²) in [7, 11) is -3.76. The Morgan fingerprint density at radius 2 is 1.67 bits per heavy atom. The highest BCUT2D eigenvalue weighted by Gasteiger charge is 2.25. The lowest BCUT2D eigenvalue weighted by atomic mass is 10.2. The lowest BCUT2D eigenvalue weighted by molar-refractivity contribution is 0.479. The minimum atomic E-state index is -3.76. The molecule has 1 rings (SSSR count). The van der Waals surface area contributed by atoms with Gasteiger partial charge >= 0.3 is 0 Å². The quantitative estimate of drug-likeness (QED) is 0.787. The molecule has 1 aromatic carbocycles. The predicted octanol–water partition coefficient (Wildman–Crippen LogP) is 2.46. The summed E-state index contributed by atoms with van der Waals surface area (Å²) in [5.74, 6) is -2.39. The van der Waals surface area contributed by atoms with Gasteiger partial charge in [0.05, 0.1) is 5.25 Å². The van der Waals surface area contributed by atoms with Crippen molar-refractivity contribution in [2.24, 2.45) is 0 Å². The number of hydrogen-bond donors (Lipinski definition) is 0. The fourth-order valence-electron chi connectivity index (χ4n) is 1.10. The summed E-state index contributed by atoms with van der Waals surface area (Å²) in [5, 5.41) is -0.769. The van der Waals surface area contributed by atoms with Crippen molar-refractivity contribution in [2.45, 2.75) is 30.9 Å². The minimum absolute atomic E-state index is 0.0928. The van der Waals surface area contributed by atoms with Crippen molar-refractivity contribution in [1.29, 1.82) is 0 Å². The summed E-state index contributed by atoms with van der Waals surface area (Å²) >= 11 is 0. The van der Waals surface area contributed by atoms with Crippen LogP contribution in [0.3, 0.4) is 0 Å². The molecule has 0 aliphatic carbocycles. The van der Waals surface area contributed by atoms with Gasteiger partial charge in [0.15, 0.2) is 21.5 Å². The lowest BCUT2D eigenvalue weighted by Gasteiger charge is -2.09. The van der Waals surface area contributed by atoms with Crippen LogP contribution in [0.25, 0.3) is 0 Å². The van der Waals surface area contributed by atoms with Crippen molar-refractivity contribution in [3.63, 3.8) is 0 Å². The van der Waals surface area contributed by atoms with Crippen LogP contribution >= 0.6 is 0 Å². The van der Waals surface area contributed by atoms with Crippen molar-refractivity contribution in [3.8, 4) is 0 Å². The molecule has 2 nitrogen and oxygen atoms in total. The van der Waals surface area contributed by atoms with Crippen LogP contribution in [0.2, 0.25) is 0 Å². The molecule has 0 amide bonds. The molecule has 0 saturated carbocycles. The van der Waals surface area contributed by atoms with E-state index in [1.165, 1.54) is 26.8 Å². The third-order valence-electron chi connectivity index (χ3n) is 2.17. The number of benzene rings is 1. The first kappa shape index (κ1) is 12.1. The number of aryl methyl sites for hydroxylation is 1. The van der Waals surface area contributed by atoms with Crippen LogP contribution in [0.4, 0.5) is 8.78 Å². The molecule has 0 aromatic heterocycles. The van der Waals surface area contributed by atoms with Gasteiger partial charge in [-0.25, -0.2) is 17.2 Å². The molecule has 0 bridgehead atoms. The van der Waals surface area contributed by atoms with E-state index in [0.29, 0.717) is 0 Å². The molecule has 0 saturated heterocycles. The molecule has 0 spiro atoms. The average Bonchev–Trinajstić information content (AvgIpc) is 2.13. The van der Waals surface area contributed by atoms with E-state index < -0.39 is 31.6 Å². The number of halogens is 2. The Bertz CT molecular complexity index is 478. The second-order valence-corrected chi connectivity index (χ2v) is 6.07. The third kappa shape index (κ3) is 2.02. The van der Waals surface area contributed by atoms with E-state index in [2.05, 4.69) is 0 Å². The highest BCUT2D eigenvalue weighted by atomic mass is 32.2. The monoisotopic (exact) mass is 234 g/mol. The summed E-state index contributed by atoms with van der Waals surface area (Å²) < 4.78 is 49.7. The van der Waals surface area contributed by atoms with Crippen LogP contribution in [-0.2, 0) is 9.84 Å². The van der Waals surface area contributed by atoms with E-state index in [4.69, 9.17) is 0 Å². The molecule has 0 fully saturated rings. The van der Waals surface area contributed by atoms with Crippen molar-refractivity contribution in [2.75, 3.05) is 0 Å². The highest BCUT2D eigenvalue weighted by Crippen LogP contribution is 2.23. The van der Waals surface area contributed by atoms with Crippen molar-refractivity contribution >= 4 is 9.84 Å². The molecular weight excluding hydrogens is 222 g/mol. The maximum atomic E-state index is 13.4. The van der Waals surface area contributed by atoms with Gasteiger partial charge in [0.1, 0.15) is 4.90 Å². The van der Waals surface area contributed by atoms with Gasteiger partial charge in [-0.2, -0.15) is 0 Å². The number of rotatable bonds is 2. The van der Waals surface area contributed by atoms with Gasteiger partial charge in [0.2, 0.25) is 0 Å². The van der Waals surface area contributed by atoms with E-state index in [1.807, 2.05) is 0 Å². The Hall–Kier alpha value is -0.970. The molecule has 0 aliphatic rings. The highest BCUT2D eigenvalue weighted by molar-refractivity contribution is 7.92. The van der Waals surface area contributed by atoms with E-state index in [9.17, 15) is 17.2 Å². The Labute approximate surface area is 87.8 Å². The SMILES string of the molecule is Cc1ccc(S(=O)(=O)C(C)C)c(F)c1F. The standard InChI is InChI=1S/C10H12F2O2S/c1-6(2)15(13,14)8-5-4-7(3)9(11)10(8)12/h4-6H,1-3H3. The fourth-order valence-corrected chi connectivity index (χ4v) is 2.21. The van der Waals surface area contributed by atoms with Crippen LogP contribution in [0.5, 0.6) is 0 Å². The lowest BCUT2D eigenvalue weighted by Crippen LogP contribution is -2.16. The van der Waals surface area contributed by atoms with Crippen molar-refractivity contribution in [1.82, 2.24) is 0 Å². The van der Waals surface area contributed by atoms with E-state index in [0.717, 1.165) is 6.07 Å². The third-order valence-corrected chi connectivity index (χ3v) is 4.34. The zero-order chi connectivity index (χ0) is 11.8. The van der Waals surface area contributed by atoms with Gasteiger partial charge in [-0.15, -0.1) is 0 Å². The normalized spacial score (nSPS) is 12.1. The number of sulfone groups is 1. The molecule has 15 heavy (non-hydrogen) atoms. The summed E-state index contributed by atoms with van der Waals surface area (Å²) in [5.41, 5.74) is 0.0928. The largest absolute Gasteiger partial charge is 0.223 e. The van der Waals surface area contributed by atoms with Crippen LogP contribution in [0.1, 0.15) is 19.4 Å². The van der Waals surface area contributed by atoms with Crippen LogP contribution < -0.4 is 0 Å². The van der Waals surface area contributed by atoms with Gasteiger partial charge in [-0.1, -0.05) is 6.07 Å². The second kappa shape index (κ2) is 3.89. The molecule has 0 heterocycles. The summed E-state index contributed by atoms with van der Waals surface area (Å²) in [6, 6.07) is 2.36. The zero-order valence-electron chi connectivity index (χ0n) is 8.71. The zero-order valence-corrected chi connectivity index (χ0v) is 9.53. The molecule has 1 aromatic rings. The molecule has 0 radical (unpaired) electrons. The Kier molecular flexibility index (Phi) is 3.13. The van der Waals surface area contributed by atoms with Gasteiger partial charge < -0.3 is 0 Å². The first-order chi connectivity index (χ1) is 6.78. The predicted molar refractivity (Wildman–Crippen MR) is 53.4 cm³/mol. The van der Waals surface area contributed by atoms with Crippen LogP contribution in [0.15, 0.2) is 17.0 Å². The Morgan fingerprint density at radius 1 is 1.13 bits per heavy atom. The van der Waals surface area contributed by atoms with Gasteiger partial charge in [-0.05, 0) is 32.4 Å². The molecule has 84 valence electrons. The van der Waals surface area contributed by atoms with Gasteiger partial charge in [-0.3, -0.25) is 0 Å². The van der Waals surface area contributed by atoms with E-state index in [-0.39, 0.29) is 5.56 Å². The smallest absolute Gasteiger partial charge is 0.183 e. The Balaban J connectivity index is 3.48. The first-order valence-electron chi connectivity index (χ1n) is 4.47. The fraction of sp³-hybridized carbons (Fsp3) is 0.400. The molecule has 0 aliphatic heterocycles. The minimum Gasteiger partial charge on any atom is -0.223 e. The maximum absolute atomic E-state index is 13.4. The molecule has 0 N–H and O–H groups in total. The average molecular weight is 234 g/mol. The van der Waals surface area contributed by atoms with Crippen molar-refractivity contribution in [3.05, 3.63) is 29.3 Å². The summed E-state index contributed by atoms with van der Waals surface area (Å²) in [6.45, 7) is 4.23. The number of hydrogen-bond acceptors (Lipinski definition) is 2. The molecule has 0 unspecified atom stereocenters. The van der Waals surface area contributed by atoms with Crippen LogP contribution in [0, 0.1) is 18.6 Å².